The zero-order valence-corrected chi connectivity index (χ0v) is 14.0. The third-order valence-electron chi connectivity index (χ3n) is 3.20. The molecular weight excluding hydrogens is 369 g/mol. The van der Waals surface area contributed by atoms with Crippen molar-refractivity contribution >= 4 is 23.4 Å². The molecule has 2 aromatic heterocycles. The summed E-state index contributed by atoms with van der Waals surface area (Å²) in [4.78, 5) is 16.1. The number of anilines is 1. The van der Waals surface area contributed by atoms with Crippen molar-refractivity contribution < 1.29 is 18.0 Å². The number of pyridine rings is 1. The van der Waals surface area contributed by atoms with Gasteiger partial charge in [0.1, 0.15) is 5.03 Å². The summed E-state index contributed by atoms with van der Waals surface area (Å²) >= 11 is -0.433. The Labute approximate surface area is 149 Å². The molecule has 0 aliphatic rings. The fraction of sp³-hybridized carbons (Fsp3) is 0.133. The fourth-order valence-corrected chi connectivity index (χ4v) is 2.74. The normalized spacial score (nSPS) is 11.4. The monoisotopic (exact) mass is 380 g/mol. The fourth-order valence-electron chi connectivity index (χ4n) is 2.14. The van der Waals surface area contributed by atoms with Gasteiger partial charge < -0.3 is 5.32 Å². The van der Waals surface area contributed by atoms with Crippen LogP contribution < -0.4 is 5.32 Å². The summed E-state index contributed by atoms with van der Waals surface area (Å²) in [6.45, 7) is 1.71. The molecule has 1 aromatic carbocycles. The third kappa shape index (κ3) is 4.17. The van der Waals surface area contributed by atoms with Crippen molar-refractivity contribution in [1.29, 1.82) is 0 Å². The molecule has 3 rings (SSSR count). The molecule has 0 bridgehead atoms. The number of carbonyl (C=O) groups excluding carboxylic acids is 1. The van der Waals surface area contributed by atoms with E-state index in [0.717, 1.165) is 0 Å². The van der Waals surface area contributed by atoms with Crippen LogP contribution in [0.4, 0.5) is 18.9 Å². The lowest BCUT2D eigenvalue weighted by Gasteiger charge is -2.11. The predicted octanol–water partition coefficient (Wildman–Crippen LogP) is 3.23. The van der Waals surface area contributed by atoms with E-state index in [1.165, 1.54) is 23.0 Å². The Morgan fingerprint density at radius 1 is 1.23 bits per heavy atom. The van der Waals surface area contributed by atoms with Crippen molar-refractivity contribution in [3.8, 4) is 5.69 Å². The van der Waals surface area contributed by atoms with E-state index >= 15 is 0 Å². The third-order valence-corrected chi connectivity index (χ3v) is 3.95. The van der Waals surface area contributed by atoms with Gasteiger partial charge in [0, 0.05) is 23.6 Å². The van der Waals surface area contributed by atoms with Gasteiger partial charge in [-0.25, -0.2) is 4.98 Å². The van der Waals surface area contributed by atoms with Gasteiger partial charge in [-0.15, -0.1) is 5.10 Å². The Morgan fingerprint density at radius 2 is 2.04 bits per heavy atom. The van der Waals surface area contributed by atoms with Crippen LogP contribution >= 0.6 is 11.8 Å². The van der Waals surface area contributed by atoms with Crippen molar-refractivity contribution in [1.82, 2.24) is 25.2 Å². The number of aromatic nitrogens is 5. The Morgan fingerprint density at radius 3 is 2.73 bits per heavy atom. The zero-order chi connectivity index (χ0) is 18.7. The van der Waals surface area contributed by atoms with Crippen LogP contribution in [0.15, 0.2) is 47.6 Å². The van der Waals surface area contributed by atoms with Crippen LogP contribution in [-0.4, -0.2) is 36.6 Å². The summed E-state index contributed by atoms with van der Waals surface area (Å²) in [6.07, 6.45) is 1.20. The number of hydrogen-bond donors (Lipinski definition) is 1. The maximum atomic E-state index is 12.6. The van der Waals surface area contributed by atoms with Gasteiger partial charge in [-0.05, 0) is 47.7 Å². The smallest absolute Gasteiger partial charge is 0.322 e. The summed E-state index contributed by atoms with van der Waals surface area (Å²) in [5.41, 5.74) is -3.73. The van der Waals surface area contributed by atoms with Crippen LogP contribution in [0.2, 0.25) is 0 Å². The number of hydrogen-bond acceptors (Lipinski definition) is 6. The molecular formula is C15H11F3N6OS. The van der Waals surface area contributed by atoms with E-state index in [1.54, 1.807) is 31.2 Å². The highest BCUT2D eigenvalue weighted by Gasteiger charge is 2.32. The first-order valence-electron chi connectivity index (χ1n) is 7.21. The van der Waals surface area contributed by atoms with Gasteiger partial charge in [0.05, 0.1) is 11.3 Å². The van der Waals surface area contributed by atoms with Gasteiger partial charge >= 0.3 is 5.51 Å². The molecule has 0 spiro atoms. The van der Waals surface area contributed by atoms with Crippen molar-refractivity contribution in [2.75, 3.05) is 5.32 Å². The second-order valence-corrected chi connectivity index (χ2v) is 6.10. The summed E-state index contributed by atoms with van der Waals surface area (Å²) in [5.74, 6) is -0.153. The number of nitrogens with zero attached hydrogens (tertiary/aromatic N) is 5. The molecule has 3 aromatic rings. The molecule has 1 amide bonds. The molecule has 0 aliphatic carbocycles. The molecule has 0 radical (unpaired) electrons. The maximum Gasteiger partial charge on any atom is 0.447 e. The second kappa shape index (κ2) is 7.12. The molecule has 7 nitrogen and oxygen atoms in total. The Kier molecular flexibility index (Phi) is 4.89. The van der Waals surface area contributed by atoms with E-state index in [-0.39, 0.29) is 5.56 Å². The van der Waals surface area contributed by atoms with Crippen molar-refractivity contribution in [2.45, 2.75) is 17.5 Å². The number of nitrogens with one attached hydrogen (secondary N) is 1. The summed E-state index contributed by atoms with van der Waals surface area (Å²) in [6, 6.07) is 9.29. The molecule has 0 saturated carbocycles. The summed E-state index contributed by atoms with van der Waals surface area (Å²) in [5, 5.41) is 13.3. The number of tetrazole rings is 1. The number of thioether (sulfide) groups is 1. The van der Waals surface area contributed by atoms with Crippen LogP contribution in [0.1, 0.15) is 16.2 Å². The Bertz CT molecular complexity index is 943. The molecule has 1 N–H and O–H groups in total. The highest BCUT2D eigenvalue weighted by atomic mass is 32.2. The molecule has 0 aliphatic heterocycles. The largest absolute Gasteiger partial charge is 0.447 e. The first kappa shape index (κ1) is 17.9. The van der Waals surface area contributed by atoms with Crippen molar-refractivity contribution in [3.63, 3.8) is 0 Å². The van der Waals surface area contributed by atoms with Gasteiger partial charge in [-0.1, -0.05) is 6.07 Å². The number of alkyl halides is 3. The molecule has 134 valence electrons. The minimum atomic E-state index is -4.54. The van der Waals surface area contributed by atoms with E-state index in [9.17, 15) is 18.0 Å². The molecule has 0 unspecified atom stereocenters. The Hall–Kier alpha value is -2.95. The van der Waals surface area contributed by atoms with Crippen molar-refractivity contribution in [2.24, 2.45) is 0 Å². The molecule has 0 fully saturated rings. The maximum absolute atomic E-state index is 12.6. The van der Waals surface area contributed by atoms with Crippen LogP contribution in [0.5, 0.6) is 0 Å². The number of amides is 1. The first-order chi connectivity index (χ1) is 12.3. The minimum absolute atomic E-state index is 0.168. The highest BCUT2D eigenvalue weighted by Crippen LogP contribution is 2.37. The number of benzene rings is 1. The van der Waals surface area contributed by atoms with Gasteiger partial charge in [-0.3, -0.25) is 4.79 Å². The number of aryl methyl sites for hydroxylation is 1. The van der Waals surface area contributed by atoms with Crippen LogP contribution in [0.25, 0.3) is 5.69 Å². The molecule has 11 heteroatoms. The van der Waals surface area contributed by atoms with Crippen LogP contribution in [-0.2, 0) is 0 Å². The summed E-state index contributed by atoms with van der Waals surface area (Å²) < 4.78 is 39.4. The van der Waals surface area contributed by atoms with E-state index in [4.69, 9.17) is 0 Å². The predicted molar refractivity (Wildman–Crippen MR) is 88.0 cm³/mol. The van der Waals surface area contributed by atoms with E-state index in [0.29, 0.717) is 17.2 Å². The van der Waals surface area contributed by atoms with E-state index < -0.39 is 28.2 Å². The quantitative estimate of drug-likeness (QED) is 0.700. The molecule has 0 atom stereocenters. The molecule has 0 saturated heterocycles. The van der Waals surface area contributed by atoms with Gasteiger partial charge in [0.15, 0.2) is 5.82 Å². The van der Waals surface area contributed by atoms with E-state index in [1.807, 2.05) is 0 Å². The van der Waals surface area contributed by atoms with Gasteiger partial charge in [0.25, 0.3) is 5.91 Å². The lowest BCUT2D eigenvalue weighted by Crippen LogP contribution is -2.15. The Balaban J connectivity index is 1.84. The van der Waals surface area contributed by atoms with Gasteiger partial charge in [0.2, 0.25) is 0 Å². The van der Waals surface area contributed by atoms with E-state index in [2.05, 4.69) is 25.8 Å². The zero-order valence-electron chi connectivity index (χ0n) is 13.2. The molecule has 26 heavy (non-hydrogen) atoms. The van der Waals surface area contributed by atoms with Crippen LogP contribution in [0, 0.1) is 6.92 Å². The number of rotatable bonds is 4. The average Bonchev–Trinajstić information content (AvgIpc) is 3.00. The number of carbonyl (C=O) groups is 1. The first-order valence-corrected chi connectivity index (χ1v) is 8.03. The average molecular weight is 380 g/mol. The van der Waals surface area contributed by atoms with Crippen molar-refractivity contribution in [3.05, 3.63) is 54.0 Å². The number of halogens is 3. The molecule has 2 heterocycles. The topological polar surface area (TPSA) is 85.6 Å². The lowest BCUT2D eigenvalue weighted by molar-refractivity contribution is -0.0329. The standard InChI is InChI=1S/C15H11F3N6OS/c1-9-21-22-23-24(9)11-5-2-4-10(8-11)20-13(25)12-6-3-7-19-14(12)26-15(16,17)18/h2-8H,1H3,(H,20,25). The lowest BCUT2D eigenvalue weighted by atomic mass is 10.2. The highest BCUT2D eigenvalue weighted by molar-refractivity contribution is 8.00. The van der Waals surface area contributed by atoms with Gasteiger partial charge in [-0.2, -0.15) is 17.9 Å². The van der Waals surface area contributed by atoms with Crippen LogP contribution in [0.3, 0.4) is 0 Å². The summed E-state index contributed by atoms with van der Waals surface area (Å²) in [7, 11) is 0. The SMILES string of the molecule is Cc1nnnn1-c1cccc(NC(=O)c2cccnc2SC(F)(F)F)c1. The second-order valence-electron chi connectivity index (χ2n) is 5.05. The minimum Gasteiger partial charge on any atom is -0.322 e.